The third kappa shape index (κ3) is 7.69. The van der Waals surface area contributed by atoms with Gasteiger partial charge in [-0.1, -0.05) is 51.0 Å². The van der Waals surface area contributed by atoms with Crippen LogP contribution < -0.4 is 5.32 Å². The Morgan fingerprint density at radius 3 is 2.21 bits per heavy atom. The largest absolute Gasteiger partial charge is 0.352 e. The number of imidazole rings is 1. The minimum absolute atomic E-state index is 0.0719. The van der Waals surface area contributed by atoms with Crippen LogP contribution in [0.4, 0.5) is 5.95 Å². The Hall–Kier alpha value is -3.19. The highest BCUT2D eigenvalue weighted by molar-refractivity contribution is 5.98. The van der Waals surface area contributed by atoms with Gasteiger partial charge in [-0.25, -0.2) is 4.98 Å². The molecule has 0 unspecified atom stereocenters. The Labute approximate surface area is 233 Å². The number of ketones is 1. The molecule has 2 aromatic carbocycles. The summed E-state index contributed by atoms with van der Waals surface area (Å²) in [5, 5.41) is 3.53. The Morgan fingerprint density at radius 2 is 1.56 bits per heavy atom. The molecule has 1 saturated heterocycles. The van der Waals surface area contributed by atoms with E-state index in [1.54, 1.807) is 6.92 Å². The van der Waals surface area contributed by atoms with Crippen LogP contribution in [0.5, 0.6) is 0 Å². The van der Waals surface area contributed by atoms with Crippen molar-refractivity contribution in [2.24, 2.45) is 0 Å². The van der Waals surface area contributed by atoms with E-state index in [1.807, 2.05) is 47.4 Å². The number of hydrogen-bond donors (Lipinski definition) is 1. The molecule has 4 rings (SSSR count). The Bertz CT molecular complexity index is 1220. The van der Waals surface area contributed by atoms with Gasteiger partial charge < -0.3 is 19.7 Å². The molecule has 3 aromatic rings. The summed E-state index contributed by atoms with van der Waals surface area (Å²) in [6.45, 7) is 12.4. The van der Waals surface area contributed by atoms with Gasteiger partial charge in [-0.05, 0) is 82.4 Å². The van der Waals surface area contributed by atoms with Gasteiger partial charge in [-0.2, -0.15) is 0 Å². The normalized spacial score (nSPS) is 13.7. The van der Waals surface area contributed by atoms with Crippen molar-refractivity contribution in [2.45, 2.75) is 78.8 Å². The molecule has 1 amide bonds. The summed E-state index contributed by atoms with van der Waals surface area (Å²) >= 11 is 0. The number of likely N-dealkylation sites (tertiary alicyclic amines) is 1. The van der Waals surface area contributed by atoms with Crippen molar-refractivity contribution in [3.8, 4) is 0 Å². The smallest absolute Gasteiger partial charge is 0.253 e. The number of carbonyl (C=O) groups is 2. The highest BCUT2D eigenvalue weighted by atomic mass is 16.2. The Kier molecular flexibility index (Phi) is 10.5. The van der Waals surface area contributed by atoms with E-state index in [0.717, 1.165) is 92.0 Å². The maximum atomic E-state index is 13.5. The van der Waals surface area contributed by atoms with E-state index < -0.39 is 0 Å². The van der Waals surface area contributed by atoms with Crippen molar-refractivity contribution in [3.05, 3.63) is 59.2 Å². The van der Waals surface area contributed by atoms with Crippen molar-refractivity contribution in [1.82, 2.24) is 19.4 Å². The second kappa shape index (κ2) is 14.3. The molecule has 1 aliphatic heterocycles. The lowest BCUT2D eigenvalue weighted by molar-refractivity contribution is 0.0751. The molecule has 0 aliphatic carbocycles. The minimum Gasteiger partial charge on any atom is -0.352 e. The van der Waals surface area contributed by atoms with Crippen LogP contribution in [0.1, 0.15) is 92.0 Å². The van der Waals surface area contributed by atoms with Gasteiger partial charge in [0.05, 0.1) is 11.0 Å². The van der Waals surface area contributed by atoms with E-state index in [0.29, 0.717) is 6.54 Å². The molecule has 1 fully saturated rings. The van der Waals surface area contributed by atoms with Crippen LogP contribution in [0.25, 0.3) is 11.0 Å². The number of benzene rings is 2. The number of nitrogens with zero attached hydrogens (tertiary/aromatic N) is 4. The van der Waals surface area contributed by atoms with Gasteiger partial charge in [0.2, 0.25) is 5.95 Å². The summed E-state index contributed by atoms with van der Waals surface area (Å²) in [4.78, 5) is 34.7. The lowest BCUT2D eigenvalue weighted by atomic mass is 10.1. The molecule has 0 atom stereocenters. The lowest BCUT2D eigenvalue weighted by Gasteiger charge is -2.22. The number of fused-ring (bicyclic) bond motifs is 1. The summed E-state index contributed by atoms with van der Waals surface area (Å²) in [5.74, 6) is 1.01. The fourth-order valence-corrected chi connectivity index (χ4v) is 5.31. The van der Waals surface area contributed by atoms with Gasteiger partial charge in [0.25, 0.3) is 5.91 Å². The molecule has 1 aliphatic rings. The van der Waals surface area contributed by atoms with Crippen LogP contribution in [-0.2, 0) is 13.1 Å². The van der Waals surface area contributed by atoms with Crippen molar-refractivity contribution >= 4 is 28.7 Å². The number of aryl methyl sites for hydroxylation is 1. The van der Waals surface area contributed by atoms with Gasteiger partial charge in [0.1, 0.15) is 0 Å². The van der Waals surface area contributed by atoms with Crippen LogP contribution in [0.3, 0.4) is 0 Å². The number of carbonyl (C=O) groups excluding carboxylic acids is 2. The zero-order chi connectivity index (χ0) is 27.6. The lowest BCUT2D eigenvalue weighted by Crippen LogP contribution is -2.33. The standard InChI is InChI=1S/C32H45N5O2/c1-4-6-20-36(21-7-5-2)31(39)28-15-16-29-30(23-28)37(22-10-19-35-17-8-9-18-35)32(34-29)33-24-26-11-13-27(14-12-26)25(3)38/h11-16,23H,4-10,17-22,24H2,1-3H3,(H,33,34). The van der Waals surface area contributed by atoms with E-state index in [-0.39, 0.29) is 11.7 Å². The highest BCUT2D eigenvalue weighted by Gasteiger charge is 2.19. The number of amides is 1. The molecule has 2 heterocycles. The fourth-order valence-electron chi connectivity index (χ4n) is 5.31. The highest BCUT2D eigenvalue weighted by Crippen LogP contribution is 2.24. The van der Waals surface area contributed by atoms with E-state index in [9.17, 15) is 9.59 Å². The van der Waals surface area contributed by atoms with Crippen molar-refractivity contribution in [2.75, 3.05) is 38.0 Å². The number of nitrogens with one attached hydrogen (secondary N) is 1. The Morgan fingerprint density at radius 1 is 0.897 bits per heavy atom. The zero-order valence-electron chi connectivity index (χ0n) is 24.0. The first-order valence-electron chi connectivity index (χ1n) is 14.9. The minimum atomic E-state index is 0.0719. The first-order chi connectivity index (χ1) is 19.0. The van der Waals surface area contributed by atoms with Crippen molar-refractivity contribution in [1.29, 1.82) is 0 Å². The molecule has 0 radical (unpaired) electrons. The molecule has 0 spiro atoms. The van der Waals surface area contributed by atoms with E-state index in [4.69, 9.17) is 4.98 Å². The SMILES string of the molecule is CCCCN(CCCC)C(=O)c1ccc2nc(NCc3ccc(C(C)=O)cc3)n(CCCN3CCCC3)c2c1. The average molecular weight is 532 g/mol. The molecule has 0 saturated carbocycles. The molecule has 1 aromatic heterocycles. The van der Waals surface area contributed by atoms with Gasteiger partial charge in [0, 0.05) is 37.3 Å². The summed E-state index contributed by atoms with van der Waals surface area (Å²) < 4.78 is 2.24. The van der Waals surface area contributed by atoms with Gasteiger partial charge in [0.15, 0.2) is 5.78 Å². The van der Waals surface area contributed by atoms with Crippen LogP contribution in [0, 0.1) is 0 Å². The first kappa shape index (κ1) is 28.8. The number of hydrogen-bond acceptors (Lipinski definition) is 5. The number of unbranched alkanes of at least 4 members (excludes halogenated alkanes) is 2. The predicted molar refractivity (Wildman–Crippen MR) is 160 cm³/mol. The topological polar surface area (TPSA) is 70.5 Å². The zero-order valence-corrected chi connectivity index (χ0v) is 24.0. The first-order valence-corrected chi connectivity index (χ1v) is 14.9. The van der Waals surface area contributed by atoms with Crippen molar-refractivity contribution < 1.29 is 9.59 Å². The molecule has 39 heavy (non-hydrogen) atoms. The quantitative estimate of drug-likeness (QED) is 0.231. The molecule has 7 nitrogen and oxygen atoms in total. The van der Waals surface area contributed by atoms with E-state index in [1.165, 1.54) is 25.9 Å². The predicted octanol–water partition coefficient (Wildman–Crippen LogP) is 6.38. The second-order valence-electron chi connectivity index (χ2n) is 10.8. The van der Waals surface area contributed by atoms with Crippen LogP contribution >= 0.6 is 0 Å². The monoisotopic (exact) mass is 531 g/mol. The van der Waals surface area contributed by atoms with Gasteiger partial charge >= 0.3 is 0 Å². The summed E-state index contributed by atoms with van der Waals surface area (Å²) in [5.41, 5.74) is 4.45. The molecular formula is C32H45N5O2. The van der Waals surface area contributed by atoms with Crippen LogP contribution in [-0.4, -0.2) is 63.8 Å². The number of Topliss-reactive ketones (excluding diaryl/α,β-unsaturated/α-hetero) is 1. The van der Waals surface area contributed by atoms with E-state index >= 15 is 0 Å². The third-order valence-corrected chi connectivity index (χ3v) is 7.71. The molecule has 7 heteroatoms. The fraction of sp³-hybridized carbons (Fsp3) is 0.531. The molecule has 210 valence electrons. The maximum Gasteiger partial charge on any atom is 0.253 e. The van der Waals surface area contributed by atoms with E-state index in [2.05, 4.69) is 28.6 Å². The maximum absolute atomic E-state index is 13.5. The number of rotatable bonds is 15. The van der Waals surface area contributed by atoms with Crippen molar-refractivity contribution in [3.63, 3.8) is 0 Å². The van der Waals surface area contributed by atoms with Gasteiger partial charge in [-0.15, -0.1) is 0 Å². The van der Waals surface area contributed by atoms with Gasteiger partial charge in [-0.3, -0.25) is 9.59 Å². The third-order valence-electron chi connectivity index (χ3n) is 7.71. The molecule has 1 N–H and O–H groups in total. The number of anilines is 1. The summed E-state index contributed by atoms with van der Waals surface area (Å²) in [6.07, 6.45) is 7.81. The molecule has 0 bridgehead atoms. The number of aromatic nitrogens is 2. The second-order valence-corrected chi connectivity index (χ2v) is 10.8. The van der Waals surface area contributed by atoms with Crippen LogP contribution in [0.2, 0.25) is 0 Å². The van der Waals surface area contributed by atoms with Crippen LogP contribution in [0.15, 0.2) is 42.5 Å². The average Bonchev–Trinajstić information content (AvgIpc) is 3.59. The Balaban J connectivity index is 1.57. The summed E-state index contributed by atoms with van der Waals surface area (Å²) in [6, 6.07) is 13.7. The molecular weight excluding hydrogens is 486 g/mol. The summed E-state index contributed by atoms with van der Waals surface area (Å²) in [7, 11) is 0.